The summed E-state index contributed by atoms with van der Waals surface area (Å²) in [5, 5.41) is 15.3. The Hall–Kier alpha value is -3.10. The smallest absolute Gasteiger partial charge is 0.229 e. The summed E-state index contributed by atoms with van der Waals surface area (Å²) in [5.74, 6) is 1.22. The first kappa shape index (κ1) is 18.2. The molecule has 126 valence electrons. The molecule has 0 aliphatic carbocycles. The first-order valence-corrected chi connectivity index (χ1v) is 7.59. The van der Waals surface area contributed by atoms with Crippen LogP contribution in [-0.2, 0) is 0 Å². The van der Waals surface area contributed by atoms with E-state index in [1.54, 1.807) is 18.3 Å². The number of aryl methyl sites for hydroxylation is 2. The van der Waals surface area contributed by atoms with Crippen molar-refractivity contribution in [2.75, 3.05) is 10.6 Å². The van der Waals surface area contributed by atoms with Gasteiger partial charge in [-0.15, -0.1) is 12.4 Å². The fourth-order valence-corrected chi connectivity index (χ4v) is 2.39. The number of hydrogen-bond acceptors (Lipinski definition) is 5. The Morgan fingerprint density at radius 3 is 2.24 bits per heavy atom. The Bertz CT molecular complexity index is 880. The molecule has 0 bridgehead atoms. The van der Waals surface area contributed by atoms with Crippen molar-refractivity contribution < 1.29 is 0 Å². The van der Waals surface area contributed by atoms with Crippen molar-refractivity contribution >= 4 is 35.5 Å². The number of rotatable bonds is 4. The molecule has 0 aliphatic heterocycles. The first-order valence-electron chi connectivity index (χ1n) is 7.59. The standard InChI is InChI=1S/C19H17N5.ClH/c1-13-4-3-5-14(2)18(13)23-17-10-11-21-19(24-17)22-16-8-6-15(12-20)7-9-16;/h3-11H,1-2H3,(H2,21,22,23,24);1H. The molecule has 3 aromatic rings. The topological polar surface area (TPSA) is 73.6 Å². The minimum absolute atomic E-state index is 0. The van der Waals surface area contributed by atoms with Crippen LogP contribution in [-0.4, -0.2) is 9.97 Å². The molecule has 0 spiro atoms. The highest BCUT2D eigenvalue weighted by atomic mass is 35.5. The molecule has 0 aliphatic rings. The highest BCUT2D eigenvalue weighted by molar-refractivity contribution is 5.85. The van der Waals surface area contributed by atoms with E-state index in [-0.39, 0.29) is 12.4 Å². The second-order valence-corrected chi connectivity index (χ2v) is 5.47. The van der Waals surface area contributed by atoms with Crippen molar-refractivity contribution in [1.29, 1.82) is 5.26 Å². The maximum absolute atomic E-state index is 8.84. The number of halogens is 1. The van der Waals surface area contributed by atoms with E-state index in [1.165, 1.54) is 0 Å². The highest BCUT2D eigenvalue weighted by Crippen LogP contribution is 2.24. The molecule has 1 aromatic heterocycles. The van der Waals surface area contributed by atoms with Gasteiger partial charge < -0.3 is 10.6 Å². The van der Waals surface area contributed by atoms with E-state index < -0.39 is 0 Å². The van der Waals surface area contributed by atoms with E-state index in [0.29, 0.717) is 11.5 Å². The summed E-state index contributed by atoms with van der Waals surface area (Å²) < 4.78 is 0. The quantitative estimate of drug-likeness (QED) is 0.701. The normalized spacial score (nSPS) is 9.64. The summed E-state index contributed by atoms with van der Waals surface area (Å²) in [7, 11) is 0. The van der Waals surface area contributed by atoms with Gasteiger partial charge in [-0.25, -0.2) is 4.98 Å². The largest absolute Gasteiger partial charge is 0.340 e. The van der Waals surface area contributed by atoms with Crippen LogP contribution in [0.3, 0.4) is 0 Å². The summed E-state index contributed by atoms with van der Waals surface area (Å²) in [5.41, 5.74) is 4.83. The molecule has 25 heavy (non-hydrogen) atoms. The predicted molar refractivity (Wildman–Crippen MR) is 103 cm³/mol. The molecule has 2 aromatic carbocycles. The number of hydrogen-bond donors (Lipinski definition) is 2. The van der Waals surface area contributed by atoms with Crippen LogP contribution in [0.4, 0.5) is 23.1 Å². The minimum Gasteiger partial charge on any atom is -0.340 e. The van der Waals surface area contributed by atoms with Crippen molar-refractivity contribution in [3.63, 3.8) is 0 Å². The van der Waals surface area contributed by atoms with Crippen LogP contribution >= 0.6 is 12.4 Å². The van der Waals surface area contributed by atoms with Gasteiger partial charge in [0.05, 0.1) is 11.6 Å². The number of aromatic nitrogens is 2. The minimum atomic E-state index is 0. The Balaban J connectivity index is 0.00000225. The third-order valence-electron chi connectivity index (χ3n) is 3.66. The molecule has 5 nitrogen and oxygen atoms in total. The Morgan fingerprint density at radius 1 is 0.920 bits per heavy atom. The van der Waals surface area contributed by atoms with Gasteiger partial charge in [-0.1, -0.05) is 18.2 Å². The van der Waals surface area contributed by atoms with Crippen molar-refractivity contribution in [1.82, 2.24) is 9.97 Å². The van der Waals surface area contributed by atoms with E-state index in [0.717, 1.165) is 28.3 Å². The summed E-state index contributed by atoms with van der Waals surface area (Å²) in [6.45, 7) is 4.12. The molecule has 0 unspecified atom stereocenters. The average molecular weight is 352 g/mol. The molecule has 1 heterocycles. The van der Waals surface area contributed by atoms with E-state index in [1.807, 2.05) is 24.3 Å². The van der Waals surface area contributed by atoms with E-state index in [2.05, 4.69) is 52.7 Å². The van der Waals surface area contributed by atoms with Crippen LogP contribution in [0, 0.1) is 25.2 Å². The molecule has 0 saturated carbocycles. The number of para-hydroxylation sites is 1. The molecule has 3 rings (SSSR count). The van der Waals surface area contributed by atoms with E-state index in [9.17, 15) is 0 Å². The van der Waals surface area contributed by atoms with Crippen molar-refractivity contribution in [3.8, 4) is 6.07 Å². The Labute approximate surface area is 153 Å². The molecular formula is C19H18ClN5. The van der Waals surface area contributed by atoms with Crippen LogP contribution < -0.4 is 10.6 Å². The fraction of sp³-hybridized carbons (Fsp3) is 0.105. The molecule has 0 amide bonds. The van der Waals surface area contributed by atoms with Crippen LogP contribution in [0.15, 0.2) is 54.7 Å². The third-order valence-corrected chi connectivity index (χ3v) is 3.66. The number of nitriles is 1. The summed E-state index contributed by atoms with van der Waals surface area (Å²) in [6, 6.07) is 17.2. The molecule has 6 heteroatoms. The first-order chi connectivity index (χ1) is 11.7. The van der Waals surface area contributed by atoms with Gasteiger partial charge in [-0.05, 0) is 55.3 Å². The average Bonchev–Trinajstić information content (AvgIpc) is 2.59. The van der Waals surface area contributed by atoms with Crippen LogP contribution in [0.1, 0.15) is 16.7 Å². The van der Waals surface area contributed by atoms with E-state index in [4.69, 9.17) is 5.26 Å². The third kappa shape index (κ3) is 4.46. The van der Waals surface area contributed by atoms with E-state index >= 15 is 0 Å². The molecule has 0 fully saturated rings. The molecule has 2 N–H and O–H groups in total. The zero-order valence-corrected chi connectivity index (χ0v) is 14.8. The second-order valence-electron chi connectivity index (χ2n) is 5.47. The molecule has 0 radical (unpaired) electrons. The lowest BCUT2D eigenvalue weighted by Crippen LogP contribution is -2.02. The number of nitrogens with zero attached hydrogens (tertiary/aromatic N) is 3. The monoisotopic (exact) mass is 351 g/mol. The van der Waals surface area contributed by atoms with Gasteiger partial charge in [-0.2, -0.15) is 10.2 Å². The second kappa shape index (κ2) is 8.13. The lowest BCUT2D eigenvalue weighted by atomic mass is 10.1. The summed E-state index contributed by atoms with van der Waals surface area (Å²) >= 11 is 0. The molecule has 0 atom stereocenters. The maximum atomic E-state index is 8.84. The van der Waals surface area contributed by atoms with Gasteiger partial charge in [0.2, 0.25) is 5.95 Å². The van der Waals surface area contributed by atoms with Crippen LogP contribution in [0.5, 0.6) is 0 Å². The highest BCUT2D eigenvalue weighted by Gasteiger charge is 2.05. The summed E-state index contributed by atoms with van der Waals surface area (Å²) in [6.07, 6.45) is 1.70. The predicted octanol–water partition coefficient (Wildman–Crippen LogP) is 4.87. The molecule has 0 saturated heterocycles. The Kier molecular flexibility index (Phi) is 5.93. The van der Waals surface area contributed by atoms with Gasteiger partial charge >= 0.3 is 0 Å². The van der Waals surface area contributed by atoms with Crippen LogP contribution in [0.25, 0.3) is 0 Å². The van der Waals surface area contributed by atoms with Crippen LogP contribution in [0.2, 0.25) is 0 Å². The lowest BCUT2D eigenvalue weighted by Gasteiger charge is -2.12. The lowest BCUT2D eigenvalue weighted by molar-refractivity contribution is 1.16. The van der Waals surface area contributed by atoms with Gasteiger partial charge in [0.25, 0.3) is 0 Å². The SMILES string of the molecule is Cc1cccc(C)c1Nc1ccnc(Nc2ccc(C#N)cc2)n1.Cl. The maximum Gasteiger partial charge on any atom is 0.229 e. The van der Waals surface area contributed by atoms with Crippen molar-refractivity contribution in [2.45, 2.75) is 13.8 Å². The number of nitrogens with one attached hydrogen (secondary N) is 2. The number of anilines is 4. The van der Waals surface area contributed by atoms with Crippen molar-refractivity contribution in [2.24, 2.45) is 0 Å². The molecular weight excluding hydrogens is 334 g/mol. The zero-order chi connectivity index (χ0) is 16.9. The van der Waals surface area contributed by atoms with Gasteiger partial charge in [-0.3, -0.25) is 0 Å². The number of benzene rings is 2. The van der Waals surface area contributed by atoms with Gasteiger partial charge in [0.1, 0.15) is 5.82 Å². The van der Waals surface area contributed by atoms with Crippen molar-refractivity contribution in [3.05, 3.63) is 71.4 Å². The zero-order valence-electron chi connectivity index (χ0n) is 13.9. The Morgan fingerprint density at radius 2 is 1.60 bits per heavy atom. The van der Waals surface area contributed by atoms with Gasteiger partial charge in [0, 0.05) is 17.6 Å². The summed E-state index contributed by atoms with van der Waals surface area (Å²) in [4.78, 5) is 8.73. The van der Waals surface area contributed by atoms with Gasteiger partial charge in [0.15, 0.2) is 0 Å². The fourth-order valence-electron chi connectivity index (χ4n) is 2.39.